The van der Waals surface area contributed by atoms with Crippen LogP contribution >= 0.6 is 11.6 Å². The lowest BCUT2D eigenvalue weighted by atomic mass is 10.2. The lowest BCUT2D eigenvalue weighted by Gasteiger charge is -2.13. The molecule has 2 aromatic rings. The van der Waals surface area contributed by atoms with Crippen LogP contribution in [0.5, 0.6) is 0 Å². The maximum absolute atomic E-state index is 11.8. The molecule has 2 aromatic heterocycles. The number of rotatable bonds is 5. The van der Waals surface area contributed by atoms with Crippen molar-refractivity contribution in [3.05, 3.63) is 40.6 Å². The number of furan rings is 1. The highest BCUT2D eigenvalue weighted by Gasteiger charge is 2.12. The molecule has 0 spiro atoms. The maximum atomic E-state index is 11.8. The fourth-order valence-electron chi connectivity index (χ4n) is 2.01. The van der Waals surface area contributed by atoms with E-state index in [1.54, 1.807) is 12.1 Å². The first-order valence-electron chi connectivity index (χ1n) is 6.50. The van der Waals surface area contributed by atoms with E-state index >= 15 is 0 Å². The number of nitrogens with zero attached hydrogens (tertiary/aromatic N) is 2. The number of hydrogen-bond donors (Lipinski definition) is 1. The Kier molecular flexibility index (Phi) is 4.49. The summed E-state index contributed by atoms with van der Waals surface area (Å²) >= 11 is 5.64. The fraction of sp³-hybridized carbons (Fsp3) is 0.429. The molecule has 0 aromatic carbocycles. The van der Waals surface area contributed by atoms with Crippen LogP contribution in [0.2, 0.25) is 5.22 Å². The van der Waals surface area contributed by atoms with Crippen molar-refractivity contribution in [2.75, 3.05) is 6.54 Å². The first-order valence-corrected chi connectivity index (χ1v) is 6.88. The van der Waals surface area contributed by atoms with Crippen molar-refractivity contribution in [1.29, 1.82) is 0 Å². The molecule has 2 heterocycles. The number of aryl methyl sites for hydroxylation is 2. The second kappa shape index (κ2) is 6.13. The highest BCUT2D eigenvalue weighted by Crippen LogP contribution is 2.13. The molecule has 0 saturated heterocycles. The summed E-state index contributed by atoms with van der Waals surface area (Å²) in [6, 6.07) is 5.15. The van der Waals surface area contributed by atoms with E-state index in [9.17, 15) is 4.79 Å². The van der Waals surface area contributed by atoms with Crippen LogP contribution in [0.4, 0.5) is 0 Å². The molecule has 20 heavy (non-hydrogen) atoms. The molecule has 0 unspecified atom stereocenters. The maximum Gasteiger partial charge on any atom is 0.287 e. The molecule has 0 saturated carbocycles. The van der Waals surface area contributed by atoms with Crippen molar-refractivity contribution in [2.45, 2.75) is 27.3 Å². The van der Waals surface area contributed by atoms with Crippen LogP contribution in [0.1, 0.15) is 28.9 Å². The summed E-state index contributed by atoms with van der Waals surface area (Å²) in [6.45, 7) is 7.37. The first kappa shape index (κ1) is 14.7. The third-order valence-electron chi connectivity index (χ3n) is 3.00. The molecule has 1 N–H and O–H groups in total. The Balaban J connectivity index is 1.84. The highest BCUT2D eigenvalue weighted by molar-refractivity contribution is 6.29. The van der Waals surface area contributed by atoms with Crippen LogP contribution in [-0.2, 0) is 6.54 Å². The molecule has 0 aliphatic heterocycles. The molecular weight excluding hydrogens is 278 g/mol. The van der Waals surface area contributed by atoms with E-state index in [0.717, 1.165) is 17.9 Å². The predicted molar refractivity (Wildman–Crippen MR) is 76.9 cm³/mol. The van der Waals surface area contributed by atoms with Gasteiger partial charge in [-0.25, -0.2) is 0 Å². The van der Waals surface area contributed by atoms with Crippen molar-refractivity contribution in [3.8, 4) is 0 Å². The fourth-order valence-corrected chi connectivity index (χ4v) is 2.16. The van der Waals surface area contributed by atoms with Gasteiger partial charge in [0.05, 0.1) is 5.69 Å². The Bertz CT molecular complexity index is 603. The van der Waals surface area contributed by atoms with Gasteiger partial charge in [-0.3, -0.25) is 9.48 Å². The Morgan fingerprint density at radius 1 is 1.50 bits per heavy atom. The largest absolute Gasteiger partial charge is 0.440 e. The van der Waals surface area contributed by atoms with E-state index < -0.39 is 0 Å². The molecule has 1 atom stereocenters. The van der Waals surface area contributed by atoms with E-state index in [0.29, 0.717) is 6.54 Å². The standard InChI is InChI=1S/C14H18ClN3O2/c1-9(8-18-11(3)6-10(2)17-18)7-16-14(19)12-4-5-13(15)20-12/h4-6,9H,7-8H2,1-3H3,(H,16,19)/t9-/m0/s1. The van der Waals surface area contributed by atoms with Gasteiger partial charge in [0.1, 0.15) is 0 Å². The van der Waals surface area contributed by atoms with Crippen LogP contribution in [-0.4, -0.2) is 22.2 Å². The summed E-state index contributed by atoms with van der Waals surface area (Å²) in [7, 11) is 0. The molecular formula is C14H18ClN3O2. The smallest absolute Gasteiger partial charge is 0.287 e. The lowest BCUT2D eigenvalue weighted by molar-refractivity contribution is 0.0919. The third kappa shape index (κ3) is 3.63. The van der Waals surface area contributed by atoms with Crippen molar-refractivity contribution in [1.82, 2.24) is 15.1 Å². The third-order valence-corrected chi connectivity index (χ3v) is 3.20. The summed E-state index contributed by atoms with van der Waals surface area (Å²) in [5.41, 5.74) is 2.13. The summed E-state index contributed by atoms with van der Waals surface area (Å²) in [5.74, 6) is 0.243. The molecule has 0 aliphatic carbocycles. The lowest BCUT2D eigenvalue weighted by Crippen LogP contribution is -2.30. The minimum atomic E-state index is -0.253. The summed E-state index contributed by atoms with van der Waals surface area (Å²) in [4.78, 5) is 11.8. The van der Waals surface area contributed by atoms with Crippen LogP contribution in [0.25, 0.3) is 0 Å². The quantitative estimate of drug-likeness (QED) is 0.922. The van der Waals surface area contributed by atoms with E-state index in [1.165, 1.54) is 0 Å². The van der Waals surface area contributed by atoms with Gasteiger partial charge >= 0.3 is 0 Å². The number of amides is 1. The van der Waals surface area contributed by atoms with Gasteiger partial charge in [-0.15, -0.1) is 0 Å². The Morgan fingerprint density at radius 2 is 2.25 bits per heavy atom. The van der Waals surface area contributed by atoms with Crippen LogP contribution in [0, 0.1) is 19.8 Å². The van der Waals surface area contributed by atoms with Crippen molar-refractivity contribution in [3.63, 3.8) is 0 Å². The van der Waals surface area contributed by atoms with Crippen molar-refractivity contribution < 1.29 is 9.21 Å². The molecule has 108 valence electrons. The number of aromatic nitrogens is 2. The zero-order valence-corrected chi connectivity index (χ0v) is 12.6. The molecule has 6 heteroatoms. The Morgan fingerprint density at radius 3 is 2.80 bits per heavy atom. The van der Waals surface area contributed by atoms with Crippen molar-refractivity contribution >= 4 is 17.5 Å². The number of carbonyl (C=O) groups excluding carboxylic acids is 1. The van der Waals surface area contributed by atoms with Crippen molar-refractivity contribution in [2.24, 2.45) is 5.92 Å². The van der Waals surface area contributed by atoms with Crippen LogP contribution < -0.4 is 5.32 Å². The average Bonchev–Trinajstić information content (AvgIpc) is 2.93. The van der Waals surface area contributed by atoms with Gasteiger partial charge in [0.2, 0.25) is 0 Å². The van der Waals surface area contributed by atoms with E-state index in [-0.39, 0.29) is 22.8 Å². The number of hydrogen-bond acceptors (Lipinski definition) is 3. The Labute approximate surface area is 122 Å². The van der Waals surface area contributed by atoms with Gasteiger partial charge in [0.25, 0.3) is 5.91 Å². The minimum Gasteiger partial charge on any atom is -0.440 e. The average molecular weight is 296 g/mol. The van der Waals surface area contributed by atoms with Gasteiger partial charge in [-0.05, 0) is 49.6 Å². The Hall–Kier alpha value is -1.75. The highest BCUT2D eigenvalue weighted by atomic mass is 35.5. The monoisotopic (exact) mass is 295 g/mol. The minimum absolute atomic E-state index is 0.214. The van der Waals surface area contributed by atoms with Gasteiger partial charge < -0.3 is 9.73 Å². The summed E-state index contributed by atoms with van der Waals surface area (Å²) in [5, 5.41) is 7.45. The normalized spacial score (nSPS) is 12.4. The number of halogens is 1. The van der Waals surface area contributed by atoms with Crippen LogP contribution in [0.3, 0.4) is 0 Å². The zero-order chi connectivity index (χ0) is 14.7. The zero-order valence-electron chi connectivity index (χ0n) is 11.8. The van der Waals surface area contributed by atoms with E-state index in [2.05, 4.69) is 17.3 Å². The summed E-state index contributed by atoms with van der Waals surface area (Å²) < 4.78 is 7.01. The molecule has 0 bridgehead atoms. The second-order valence-corrected chi connectivity index (χ2v) is 5.40. The van der Waals surface area contributed by atoms with Gasteiger partial charge in [0.15, 0.2) is 11.0 Å². The first-order chi connectivity index (χ1) is 9.45. The van der Waals surface area contributed by atoms with E-state index in [4.69, 9.17) is 16.0 Å². The number of carbonyl (C=O) groups is 1. The van der Waals surface area contributed by atoms with Gasteiger partial charge in [0, 0.05) is 18.8 Å². The SMILES string of the molecule is Cc1cc(C)n(C[C@@H](C)CNC(=O)c2ccc(Cl)o2)n1. The van der Waals surface area contributed by atoms with Gasteiger partial charge in [-0.2, -0.15) is 5.10 Å². The molecule has 2 rings (SSSR count). The molecule has 1 amide bonds. The molecule has 0 aliphatic rings. The number of nitrogens with one attached hydrogen (secondary N) is 1. The second-order valence-electron chi connectivity index (χ2n) is 5.03. The van der Waals surface area contributed by atoms with E-state index in [1.807, 2.05) is 24.6 Å². The van der Waals surface area contributed by atoms with Gasteiger partial charge in [-0.1, -0.05) is 6.92 Å². The molecule has 0 radical (unpaired) electrons. The topological polar surface area (TPSA) is 60.1 Å². The van der Waals surface area contributed by atoms with Crippen LogP contribution in [0.15, 0.2) is 22.6 Å². The molecule has 0 fully saturated rings. The predicted octanol–water partition coefficient (Wildman–Crippen LogP) is 2.81. The summed E-state index contributed by atoms with van der Waals surface area (Å²) in [6.07, 6.45) is 0. The molecule has 5 nitrogen and oxygen atoms in total.